The van der Waals surface area contributed by atoms with E-state index in [4.69, 9.17) is 4.74 Å². The second-order valence-corrected chi connectivity index (χ2v) is 6.53. The molecule has 0 saturated carbocycles. The van der Waals surface area contributed by atoms with Gasteiger partial charge in [-0.05, 0) is 31.9 Å². The van der Waals surface area contributed by atoms with Crippen LogP contribution in [-0.4, -0.2) is 60.9 Å². The van der Waals surface area contributed by atoms with E-state index in [1.54, 1.807) is 11.8 Å². The Hall–Kier alpha value is -2.51. The first-order valence-corrected chi connectivity index (χ1v) is 8.94. The fraction of sp³-hybridized carbons (Fsp3) is 0.526. The van der Waals surface area contributed by atoms with Gasteiger partial charge in [-0.1, -0.05) is 6.07 Å². The second-order valence-electron chi connectivity index (χ2n) is 6.53. The van der Waals surface area contributed by atoms with Crippen LogP contribution >= 0.6 is 0 Å². The van der Waals surface area contributed by atoms with E-state index in [1.165, 1.54) is 13.1 Å². The molecule has 0 aliphatic carbocycles. The third-order valence-electron chi connectivity index (χ3n) is 4.66. The van der Waals surface area contributed by atoms with Crippen molar-refractivity contribution in [3.05, 3.63) is 35.4 Å². The lowest BCUT2D eigenvalue weighted by atomic mass is 9.97. The largest absolute Gasteiger partial charge is 0.466 e. The van der Waals surface area contributed by atoms with Crippen LogP contribution in [0.2, 0.25) is 0 Å². The van der Waals surface area contributed by atoms with Crippen molar-refractivity contribution < 1.29 is 27.9 Å². The van der Waals surface area contributed by atoms with Gasteiger partial charge in [0.25, 0.3) is 0 Å². The summed E-state index contributed by atoms with van der Waals surface area (Å²) in [4.78, 5) is 39.1. The molecule has 0 radical (unpaired) electrons. The predicted octanol–water partition coefficient (Wildman–Crippen LogP) is 1.77. The van der Waals surface area contributed by atoms with Crippen molar-refractivity contribution in [2.45, 2.75) is 26.2 Å². The molecular formula is C19H24F2N2O4. The Morgan fingerprint density at radius 2 is 1.78 bits per heavy atom. The van der Waals surface area contributed by atoms with E-state index < -0.39 is 24.0 Å². The average molecular weight is 382 g/mol. The highest BCUT2D eigenvalue weighted by Crippen LogP contribution is 2.19. The number of piperidine rings is 1. The summed E-state index contributed by atoms with van der Waals surface area (Å²) in [6.07, 6.45) is 0.582. The van der Waals surface area contributed by atoms with E-state index in [0.29, 0.717) is 32.5 Å². The Morgan fingerprint density at radius 3 is 2.33 bits per heavy atom. The van der Waals surface area contributed by atoms with Crippen LogP contribution in [0.3, 0.4) is 0 Å². The molecule has 2 rings (SSSR count). The first-order valence-electron chi connectivity index (χ1n) is 8.94. The zero-order valence-corrected chi connectivity index (χ0v) is 15.5. The summed E-state index contributed by atoms with van der Waals surface area (Å²) in [6.45, 7) is 2.71. The van der Waals surface area contributed by atoms with Crippen LogP contribution < -0.4 is 0 Å². The van der Waals surface area contributed by atoms with Gasteiger partial charge in [-0.15, -0.1) is 0 Å². The van der Waals surface area contributed by atoms with E-state index in [0.717, 1.165) is 17.0 Å². The maximum Gasteiger partial charge on any atom is 0.309 e. The van der Waals surface area contributed by atoms with Crippen LogP contribution in [0.5, 0.6) is 0 Å². The molecule has 0 aromatic heterocycles. The van der Waals surface area contributed by atoms with Gasteiger partial charge in [-0.25, -0.2) is 8.78 Å². The summed E-state index contributed by atoms with van der Waals surface area (Å²) >= 11 is 0. The minimum absolute atomic E-state index is 0.182. The maximum absolute atomic E-state index is 13.7. The van der Waals surface area contributed by atoms with Crippen molar-refractivity contribution in [1.29, 1.82) is 0 Å². The fourth-order valence-corrected chi connectivity index (χ4v) is 3.00. The molecule has 8 heteroatoms. The number of esters is 1. The van der Waals surface area contributed by atoms with E-state index in [-0.39, 0.29) is 29.9 Å². The number of ether oxygens (including phenoxy) is 1. The molecule has 1 saturated heterocycles. The van der Waals surface area contributed by atoms with Crippen molar-refractivity contribution in [1.82, 2.24) is 9.80 Å². The van der Waals surface area contributed by atoms with Crippen molar-refractivity contribution in [3.8, 4) is 0 Å². The lowest BCUT2D eigenvalue weighted by molar-refractivity contribution is -0.151. The SMILES string of the molecule is CCOC(=O)C1CCN(C(=O)CN(C)C(=O)Cc2c(F)cccc2F)CC1. The monoisotopic (exact) mass is 382 g/mol. The summed E-state index contributed by atoms with van der Waals surface area (Å²) in [5, 5.41) is 0. The molecule has 148 valence electrons. The van der Waals surface area contributed by atoms with Gasteiger partial charge in [0, 0.05) is 25.7 Å². The van der Waals surface area contributed by atoms with Crippen molar-refractivity contribution in [2.75, 3.05) is 33.3 Å². The minimum atomic E-state index is -0.788. The molecule has 0 spiro atoms. The van der Waals surface area contributed by atoms with Gasteiger partial charge in [0.1, 0.15) is 11.6 Å². The summed E-state index contributed by atoms with van der Waals surface area (Å²) in [7, 11) is 1.42. The average Bonchev–Trinajstić information content (AvgIpc) is 2.65. The smallest absolute Gasteiger partial charge is 0.309 e. The van der Waals surface area contributed by atoms with Gasteiger partial charge < -0.3 is 14.5 Å². The molecule has 1 heterocycles. The number of amides is 2. The Morgan fingerprint density at radius 1 is 1.19 bits per heavy atom. The summed E-state index contributed by atoms with van der Waals surface area (Å²) in [6, 6.07) is 3.40. The van der Waals surface area contributed by atoms with Gasteiger partial charge in [-0.2, -0.15) is 0 Å². The third-order valence-corrected chi connectivity index (χ3v) is 4.66. The Kier molecular flexibility index (Phi) is 7.27. The van der Waals surface area contributed by atoms with Gasteiger partial charge in [-0.3, -0.25) is 14.4 Å². The Labute approximate surface area is 157 Å². The predicted molar refractivity (Wildman–Crippen MR) is 93.6 cm³/mol. The molecule has 1 aromatic carbocycles. The number of likely N-dealkylation sites (tertiary alicyclic amines) is 1. The zero-order valence-electron chi connectivity index (χ0n) is 15.5. The number of hydrogen-bond donors (Lipinski definition) is 0. The minimum Gasteiger partial charge on any atom is -0.466 e. The normalized spacial score (nSPS) is 14.7. The molecule has 0 unspecified atom stereocenters. The van der Waals surface area contributed by atoms with E-state index in [9.17, 15) is 23.2 Å². The van der Waals surface area contributed by atoms with Gasteiger partial charge in [0.05, 0.1) is 25.5 Å². The fourth-order valence-electron chi connectivity index (χ4n) is 3.00. The number of carbonyl (C=O) groups is 3. The van der Waals surface area contributed by atoms with Crippen LogP contribution in [0.4, 0.5) is 8.78 Å². The summed E-state index contributed by atoms with van der Waals surface area (Å²) < 4.78 is 32.3. The highest BCUT2D eigenvalue weighted by Gasteiger charge is 2.29. The number of likely N-dealkylation sites (N-methyl/N-ethyl adjacent to an activating group) is 1. The molecule has 1 aliphatic rings. The first-order chi connectivity index (χ1) is 12.8. The standard InChI is InChI=1S/C19H24F2N2O4/c1-3-27-19(26)13-7-9-23(10-8-13)18(25)12-22(2)17(24)11-14-15(20)5-4-6-16(14)21/h4-6,13H,3,7-12H2,1-2H3. The molecule has 0 bridgehead atoms. The van der Waals surface area contributed by atoms with Gasteiger partial charge >= 0.3 is 5.97 Å². The maximum atomic E-state index is 13.7. The number of halogens is 2. The number of nitrogens with zero attached hydrogens (tertiary/aromatic N) is 2. The van der Waals surface area contributed by atoms with Gasteiger partial charge in [0.2, 0.25) is 11.8 Å². The molecule has 0 N–H and O–H groups in total. The van der Waals surface area contributed by atoms with Crippen molar-refractivity contribution in [2.24, 2.45) is 5.92 Å². The molecule has 6 nitrogen and oxygen atoms in total. The number of benzene rings is 1. The van der Waals surface area contributed by atoms with E-state index in [1.807, 2.05) is 0 Å². The molecule has 0 atom stereocenters. The third kappa shape index (κ3) is 5.48. The Balaban J connectivity index is 1.85. The van der Waals surface area contributed by atoms with E-state index in [2.05, 4.69) is 0 Å². The van der Waals surface area contributed by atoms with Crippen LogP contribution in [0.1, 0.15) is 25.3 Å². The number of rotatable bonds is 6. The topological polar surface area (TPSA) is 66.9 Å². The molecule has 27 heavy (non-hydrogen) atoms. The molecule has 1 aliphatic heterocycles. The number of carbonyl (C=O) groups excluding carboxylic acids is 3. The van der Waals surface area contributed by atoms with Gasteiger partial charge in [0.15, 0.2) is 0 Å². The van der Waals surface area contributed by atoms with Crippen molar-refractivity contribution >= 4 is 17.8 Å². The molecule has 1 fully saturated rings. The first kappa shape index (κ1) is 20.8. The highest BCUT2D eigenvalue weighted by molar-refractivity contribution is 5.86. The number of hydrogen-bond acceptors (Lipinski definition) is 4. The lowest BCUT2D eigenvalue weighted by Crippen LogP contribution is -2.46. The van der Waals surface area contributed by atoms with Crippen molar-refractivity contribution in [3.63, 3.8) is 0 Å². The lowest BCUT2D eigenvalue weighted by Gasteiger charge is -2.32. The Bertz CT molecular complexity index is 683. The van der Waals surface area contributed by atoms with E-state index >= 15 is 0 Å². The summed E-state index contributed by atoms with van der Waals surface area (Å²) in [5.41, 5.74) is -0.308. The second kappa shape index (κ2) is 9.43. The summed E-state index contributed by atoms with van der Waals surface area (Å²) in [5.74, 6) is -2.84. The van der Waals surface area contributed by atoms with Crippen LogP contribution in [0, 0.1) is 17.6 Å². The van der Waals surface area contributed by atoms with Crippen LogP contribution in [-0.2, 0) is 25.5 Å². The highest BCUT2D eigenvalue weighted by atomic mass is 19.1. The molecule has 2 amide bonds. The quantitative estimate of drug-likeness (QED) is 0.704. The van der Waals surface area contributed by atoms with Crippen LogP contribution in [0.15, 0.2) is 18.2 Å². The molecule has 1 aromatic rings. The zero-order chi connectivity index (χ0) is 20.0. The van der Waals surface area contributed by atoms with Crippen LogP contribution in [0.25, 0.3) is 0 Å². The molecular weight excluding hydrogens is 358 g/mol.